The Bertz CT molecular complexity index is 693. The minimum absolute atomic E-state index is 0.843. The molecule has 1 N–H and O–H groups in total. The summed E-state index contributed by atoms with van der Waals surface area (Å²) in [5.41, 5.74) is 3.78. The van der Waals surface area contributed by atoms with Gasteiger partial charge in [0.2, 0.25) is 0 Å². The van der Waals surface area contributed by atoms with Gasteiger partial charge in [0.15, 0.2) is 0 Å². The molecule has 98 valence electrons. The fourth-order valence-corrected chi connectivity index (χ4v) is 2.41. The standard InChI is InChI=1S/C15H18N4/c1-18-11-12(9-17-18)8-16-10-14-7-13-5-3-4-6-15(13)19(14)2/h3-7,9,11,16H,8,10H2,1-2H3. The first-order valence-corrected chi connectivity index (χ1v) is 6.45. The molecule has 0 spiro atoms. The van der Waals surface area contributed by atoms with Gasteiger partial charge in [-0.15, -0.1) is 0 Å². The monoisotopic (exact) mass is 254 g/mol. The Labute approximate surface area is 112 Å². The first-order chi connectivity index (χ1) is 9.24. The Morgan fingerprint density at radius 3 is 2.74 bits per heavy atom. The molecule has 0 radical (unpaired) electrons. The zero-order chi connectivity index (χ0) is 13.2. The van der Waals surface area contributed by atoms with Crippen molar-refractivity contribution in [3.63, 3.8) is 0 Å². The van der Waals surface area contributed by atoms with E-state index in [1.54, 1.807) is 0 Å². The van der Waals surface area contributed by atoms with Crippen LogP contribution in [0.2, 0.25) is 0 Å². The van der Waals surface area contributed by atoms with Crippen LogP contribution in [0, 0.1) is 0 Å². The highest BCUT2D eigenvalue weighted by Gasteiger charge is 2.04. The summed E-state index contributed by atoms with van der Waals surface area (Å²) in [6, 6.07) is 10.7. The first-order valence-electron chi connectivity index (χ1n) is 6.45. The van der Waals surface area contributed by atoms with Crippen LogP contribution in [0.1, 0.15) is 11.3 Å². The molecule has 0 amide bonds. The molecule has 0 saturated heterocycles. The van der Waals surface area contributed by atoms with Crippen LogP contribution >= 0.6 is 0 Å². The molecule has 0 aliphatic rings. The van der Waals surface area contributed by atoms with E-state index in [2.05, 4.69) is 52.4 Å². The van der Waals surface area contributed by atoms with Crippen molar-refractivity contribution in [3.8, 4) is 0 Å². The van der Waals surface area contributed by atoms with Gasteiger partial charge in [-0.3, -0.25) is 4.68 Å². The lowest BCUT2D eigenvalue weighted by atomic mass is 10.2. The number of fused-ring (bicyclic) bond motifs is 1. The Morgan fingerprint density at radius 2 is 2.00 bits per heavy atom. The van der Waals surface area contributed by atoms with Gasteiger partial charge in [-0.1, -0.05) is 18.2 Å². The van der Waals surface area contributed by atoms with Gasteiger partial charge in [-0.05, 0) is 17.5 Å². The molecule has 0 aliphatic heterocycles. The fraction of sp³-hybridized carbons (Fsp3) is 0.267. The van der Waals surface area contributed by atoms with Gasteiger partial charge < -0.3 is 9.88 Å². The van der Waals surface area contributed by atoms with Gasteiger partial charge in [-0.25, -0.2) is 0 Å². The predicted octanol–water partition coefficient (Wildman–Crippen LogP) is 2.20. The van der Waals surface area contributed by atoms with Crippen LogP contribution in [0.25, 0.3) is 10.9 Å². The van der Waals surface area contributed by atoms with Crippen molar-refractivity contribution in [2.45, 2.75) is 13.1 Å². The van der Waals surface area contributed by atoms with E-state index in [1.165, 1.54) is 22.2 Å². The molecule has 2 aromatic heterocycles. The molecule has 4 nitrogen and oxygen atoms in total. The maximum absolute atomic E-state index is 4.17. The minimum atomic E-state index is 0.843. The van der Waals surface area contributed by atoms with Crippen molar-refractivity contribution in [2.75, 3.05) is 0 Å². The molecule has 19 heavy (non-hydrogen) atoms. The summed E-state index contributed by atoms with van der Waals surface area (Å²) in [4.78, 5) is 0. The molecule has 0 aliphatic carbocycles. The SMILES string of the molecule is Cn1cc(CNCc2cc3ccccc3n2C)cn1. The molecule has 0 unspecified atom stereocenters. The molecular formula is C15H18N4. The van der Waals surface area contributed by atoms with Crippen LogP contribution in [0.15, 0.2) is 42.7 Å². The minimum Gasteiger partial charge on any atom is -0.346 e. The van der Waals surface area contributed by atoms with E-state index in [9.17, 15) is 0 Å². The molecule has 3 rings (SSSR count). The van der Waals surface area contributed by atoms with Gasteiger partial charge in [0.1, 0.15) is 0 Å². The average Bonchev–Trinajstić information content (AvgIpc) is 2.96. The largest absolute Gasteiger partial charge is 0.346 e. The number of hydrogen-bond donors (Lipinski definition) is 1. The molecular weight excluding hydrogens is 236 g/mol. The van der Waals surface area contributed by atoms with E-state index < -0.39 is 0 Å². The quantitative estimate of drug-likeness (QED) is 0.774. The van der Waals surface area contributed by atoms with Crippen molar-refractivity contribution in [3.05, 3.63) is 54.0 Å². The number of aromatic nitrogens is 3. The maximum atomic E-state index is 4.17. The Morgan fingerprint density at radius 1 is 1.16 bits per heavy atom. The molecule has 2 heterocycles. The van der Waals surface area contributed by atoms with Gasteiger partial charge >= 0.3 is 0 Å². The van der Waals surface area contributed by atoms with E-state index in [0.717, 1.165) is 13.1 Å². The van der Waals surface area contributed by atoms with Crippen molar-refractivity contribution in [1.82, 2.24) is 19.7 Å². The van der Waals surface area contributed by atoms with E-state index in [4.69, 9.17) is 0 Å². The lowest BCUT2D eigenvalue weighted by molar-refractivity contribution is 0.659. The number of nitrogens with one attached hydrogen (secondary N) is 1. The van der Waals surface area contributed by atoms with Crippen LogP contribution in [0.5, 0.6) is 0 Å². The van der Waals surface area contributed by atoms with E-state index in [-0.39, 0.29) is 0 Å². The zero-order valence-electron chi connectivity index (χ0n) is 11.3. The van der Waals surface area contributed by atoms with Crippen LogP contribution in [-0.4, -0.2) is 14.3 Å². The lowest BCUT2D eigenvalue weighted by Gasteiger charge is -2.05. The topological polar surface area (TPSA) is 34.8 Å². The highest BCUT2D eigenvalue weighted by Crippen LogP contribution is 2.18. The third-order valence-electron chi connectivity index (χ3n) is 3.44. The molecule has 0 atom stereocenters. The number of aryl methyl sites for hydroxylation is 2. The Kier molecular flexibility index (Phi) is 3.09. The summed E-state index contributed by atoms with van der Waals surface area (Å²) in [5, 5.41) is 8.92. The fourth-order valence-electron chi connectivity index (χ4n) is 2.41. The second-order valence-electron chi connectivity index (χ2n) is 4.88. The predicted molar refractivity (Wildman–Crippen MR) is 76.7 cm³/mol. The van der Waals surface area contributed by atoms with Gasteiger partial charge in [-0.2, -0.15) is 5.10 Å². The van der Waals surface area contributed by atoms with Crippen LogP contribution in [-0.2, 0) is 27.2 Å². The molecule has 0 saturated carbocycles. The normalized spacial score (nSPS) is 11.3. The molecule has 0 bridgehead atoms. The van der Waals surface area contributed by atoms with E-state index in [0.29, 0.717) is 0 Å². The van der Waals surface area contributed by atoms with Crippen LogP contribution in [0.3, 0.4) is 0 Å². The second kappa shape index (κ2) is 4.90. The number of para-hydroxylation sites is 1. The van der Waals surface area contributed by atoms with E-state index in [1.807, 2.05) is 24.1 Å². The highest BCUT2D eigenvalue weighted by atomic mass is 15.2. The van der Waals surface area contributed by atoms with Crippen LogP contribution < -0.4 is 5.32 Å². The van der Waals surface area contributed by atoms with Gasteiger partial charge in [0.25, 0.3) is 0 Å². The maximum Gasteiger partial charge on any atom is 0.0534 e. The average molecular weight is 254 g/mol. The van der Waals surface area contributed by atoms with E-state index >= 15 is 0 Å². The summed E-state index contributed by atoms with van der Waals surface area (Å²) < 4.78 is 4.07. The number of nitrogens with zero attached hydrogens (tertiary/aromatic N) is 3. The van der Waals surface area contributed by atoms with Crippen molar-refractivity contribution in [1.29, 1.82) is 0 Å². The zero-order valence-corrected chi connectivity index (χ0v) is 11.3. The van der Waals surface area contributed by atoms with Crippen LogP contribution in [0.4, 0.5) is 0 Å². The Hall–Kier alpha value is -2.07. The molecule has 3 aromatic rings. The van der Waals surface area contributed by atoms with Gasteiger partial charge in [0, 0.05) is 50.2 Å². The molecule has 0 fully saturated rings. The number of rotatable bonds is 4. The smallest absolute Gasteiger partial charge is 0.0534 e. The summed E-state index contributed by atoms with van der Waals surface area (Å²) in [5.74, 6) is 0. The lowest BCUT2D eigenvalue weighted by Crippen LogP contribution is -2.14. The Balaban J connectivity index is 1.70. The number of benzene rings is 1. The second-order valence-corrected chi connectivity index (χ2v) is 4.88. The third-order valence-corrected chi connectivity index (χ3v) is 3.44. The summed E-state index contributed by atoms with van der Waals surface area (Å²) in [6.45, 7) is 1.70. The molecule has 1 aromatic carbocycles. The van der Waals surface area contributed by atoms with Gasteiger partial charge in [0.05, 0.1) is 6.20 Å². The summed E-state index contributed by atoms with van der Waals surface area (Å²) >= 11 is 0. The molecule has 4 heteroatoms. The van der Waals surface area contributed by atoms with Crippen molar-refractivity contribution >= 4 is 10.9 Å². The summed E-state index contributed by atoms with van der Waals surface area (Å²) in [7, 11) is 4.05. The van der Waals surface area contributed by atoms with Crippen molar-refractivity contribution < 1.29 is 0 Å². The van der Waals surface area contributed by atoms with Crippen molar-refractivity contribution in [2.24, 2.45) is 14.1 Å². The highest BCUT2D eigenvalue weighted by molar-refractivity contribution is 5.81. The summed E-state index contributed by atoms with van der Waals surface area (Å²) in [6.07, 6.45) is 3.93. The third kappa shape index (κ3) is 2.39. The first kappa shape index (κ1) is 12.0. The number of hydrogen-bond acceptors (Lipinski definition) is 2.